The van der Waals surface area contributed by atoms with Crippen LogP contribution in [-0.4, -0.2) is 23.8 Å². The summed E-state index contributed by atoms with van der Waals surface area (Å²) in [5.41, 5.74) is 3.97. The standard InChI is InChI=1S/C38H54O3/c1-35-17-13-25(21-23(35)5-7-27-29-9-11-33(39)37(29,3)19-15-31(27)35)41-26-14-18-36(2)24(22-26)6-8-28-30-10-12-34(40)38(30,4)20-16-32(28)36/h5-6,25-32H,7-22H2,1-4H3/t25-,26-,27-,28-,29-,30-,31-,32-,35-,36-,37-,38-/m0/s1. The largest absolute Gasteiger partial charge is 0.374 e. The number of Topliss-reactive ketones (excluding diaryl/α,β-unsaturated/α-hetero) is 2. The maximum atomic E-state index is 12.8. The topological polar surface area (TPSA) is 43.4 Å². The molecule has 224 valence electrons. The van der Waals surface area contributed by atoms with Gasteiger partial charge in [0.2, 0.25) is 0 Å². The molecule has 0 radical (unpaired) electrons. The van der Waals surface area contributed by atoms with E-state index in [4.69, 9.17) is 4.74 Å². The number of hydrogen-bond donors (Lipinski definition) is 0. The van der Waals surface area contributed by atoms with Crippen LogP contribution in [0.25, 0.3) is 0 Å². The first-order chi connectivity index (χ1) is 19.6. The molecule has 8 rings (SSSR count). The molecule has 12 atom stereocenters. The van der Waals surface area contributed by atoms with Crippen LogP contribution >= 0.6 is 0 Å². The van der Waals surface area contributed by atoms with Gasteiger partial charge in [0.15, 0.2) is 0 Å². The van der Waals surface area contributed by atoms with Gasteiger partial charge in [-0.3, -0.25) is 9.59 Å². The summed E-state index contributed by atoms with van der Waals surface area (Å²) < 4.78 is 7.02. The first-order valence-electron chi connectivity index (χ1n) is 17.7. The van der Waals surface area contributed by atoms with Gasteiger partial charge >= 0.3 is 0 Å². The third-order valence-electron chi connectivity index (χ3n) is 15.9. The Morgan fingerprint density at radius 3 is 1.39 bits per heavy atom. The summed E-state index contributed by atoms with van der Waals surface area (Å²) in [5, 5.41) is 0. The van der Waals surface area contributed by atoms with Gasteiger partial charge in [0.25, 0.3) is 0 Å². The van der Waals surface area contributed by atoms with Gasteiger partial charge in [0, 0.05) is 23.7 Å². The molecule has 3 heteroatoms. The molecule has 0 saturated heterocycles. The summed E-state index contributed by atoms with van der Waals surface area (Å²) in [6, 6.07) is 0. The Morgan fingerprint density at radius 2 is 0.951 bits per heavy atom. The molecule has 3 nitrogen and oxygen atoms in total. The quantitative estimate of drug-likeness (QED) is 0.318. The van der Waals surface area contributed by atoms with Crippen LogP contribution in [0.1, 0.15) is 130 Å². The number of carbonyl (C=O) groups is 2. The normalized spacial score (nSPS) is 54.1. The minimum Gasteiger partial charge on any atom is -0.374 e. The molecule has 8 aliphatic carbocycles. The zero-order valence-electron chi connectivity index (χ0n) is 26.3. The van der Waals surface area contributed by atoms with Gasteiger partial charge in [0.1, 0.15) is 11.6 Å². The van der Waals surface area contributed by atoms with E-state index >= 15 is 0 Å². The zero-order valence-corrected chi connectivity index (χ0v) is 26.3. The molecule has 0 spiro atoms. The Labute approximate surface area is 248 Å². The van der Waals surface area contributed by atoms with Crippen molar-refractivity contribution >= 4 is 11.6 Å². The zero-order chi connectivity index (χ0) is 28.4. The predicted octanol–water partition coefficient (Wildman–Crippen LogP) is 8.80. The fourth-order valence-electron chi connectivity index (χ4n) is 13.3. The highest BCUT2D eigenvalue weighted by atomic mass is 16.5. The first-order valence-corrected chi connectivity index (χ1v) is 17.7. The summed E-state index contributed by atoms with van der Waals surface area (Å²) in [6.07, 6.45) is 24.2. The molecule has 6 fully saturated rings. The van der Waals surface area contributed by atoms with Gasteiger partial charge in [-0.15, -0.1) is 0 Å². The Morgan fingerprint density at radius 1 is 0.561 bits per heavy atom. The third-order valence-corrected chi connectivity index (χ3v) is 15.9. The molecule has 0 aliphatic heterocycles. The van der Waals surface area contributed by atoms with E-state index < -0.39 is 0 Å². The van der Waals surface area contributed by atoms with E-state index in [0.717, 1.165) is 63.2 Å². The lowest BCUT2D eigenvalue weighted by Crippen LogP contribution is -2.51. The fourth-order valence-corrected chi connectivity index (χ4v) is 13.3. The van der Waals surface area contributed by atoms with Crippen LogP contribution in [0.3, 0.4) is 0 Å². The number of ether oxygens (including phenoxy) is 1. The van der Waals surface area contributed by atoms with Crippen molar-refractivity contribution in [3.8, 4) is 0 Å². The number of hydrogen-bond acceptors (Lipinski definition) is 3. The fraction of sp³-hybridized carbons (Fsp3) is 0.842. The van der Waals surface area contributed by atoms with Crippen molar-refractivity contribution in [1.29, 1.82) is 0 Å². The molecule has 8 aliphatic rings. The monoisotopic (exact) mass is 558 g/mol. The van der Waals surface area contributed by atoms with Gasteiger partial charge in [-0.2, -0.15) is 0 Å². The lowest BCUT2D eigenvalue weighted by atomic mass is 9.48. The number of ketones is 2. The molecule has 0 amide bonds. The van der Waals surface area contributed by atoms with E-state index in [1.54, 1.807) is 11.1 Å². The van der Waals surface area contributed by atoms with Crippen LogP contribution in [0.15, 0.2) is 23.3 Å². The second-order valence-corrected chi connectivity index (χ2v) is 17.2. The smallest absolute Gasteiger partial charge is 0.139 e. The van der Waals surface area contributed by atoms with Crippen LogP contribution in [0.5, 0.6) is 0 Å². The van der Waals surface area contributed by atoms with Crippen molar-refractivity contribution in [2.75, 3.05) is 0 Å². The van der Waals surface area contributed by atoms with Crippen LogP contribution in [0.4, 0.5) is 0 Å². The van der Waals surface area contributed by atoms with Crippen LogP contribution in [-0.2, 0) is 14.3 Å². The molecule has 0 bridgehead atoms. The second kappa shape index (κ2) is 9.15. The molecule has 0 unspecified atom stereocenters. The van der Waals surface area contributed by atoms with E-state index in [1.165, 1.54) is 51.4 Å². The number of allylic oxidation sites excluding steroid dienone is 2. The summed E-state index contributed by atoms with van der Waals surface area (Å²) in [6.45, 7) is 9.75. The highest BCUT2D eigenvalue weighted by Crippen LogP contribution is 2.66. The van der Waals surface area contributed by atoms with Crippen molar-refractivity contribution in [2.45, 2.75) is 143 Å². The lowest BCUT2D eigenvalue weighted by Gasteiger charge is -2.58. The van der Waals surface area contributed by atoms with E-state index in [9.17, 15) is 9.59 Å². The summed E-state index contributed by atoms with van der Waals surface area (Å²) >= 11 is 0. The lowest BCUT2D eigenvalue weighted by molar-refractivity contribution is -0.132. The van der Waals surface area contributed by atoms with E-state index in [0.29, 0.717) is 58.3 Å². The number of carbonyl (C=O) groups excluding carboxylic acids is 2. The number of fused-ring (bicyclic) bond motifs is 10. The van der Waals surface area contributed by atoms with E-state index in [1.807, 2.05) is 0 Å². The maximum absolute atomic E-state index is 12.8. The van der Waals surface area contributed by atoms with Crippen LogP contribution in [0.2, 0.25) is 0 Å². The Kier molecular flexibility index (Phi) is 6.10. The first kappa shape index (κ1) is 27.3. The summed E-state index contributed by atoms with van der Waals surface area (Å²) in [5.74, 6) is 5.29. The molecule has 0 aromatic heterocycles. The van der Waals surface area contributed by atoms with Crippen molar-refractivity contribution in [3.05, 3.63) is 23.3 Å². The van der Waals surface area contributed by atoms with Gasteiger partial charge in [0.05, 0.1) is 12.2 Å². The summed E-state index contributed by atoms with van der Waals surface area (Å²) in [7, 11) is 0. The predicted molar refractivity (Wildman–Crippen MR) is 162 cm³/mol. The van der Waals surface area contributed by atoms with Gasteiger partial charge < -0.3 is 4.74 Å². The van der Waals surface area contributed by atoms with Gasteiger partial charge in [-0.05, 0) is 136 Å². The SMILES string of the molecule is C[C@]12CC[C@H](O[C@H]3CC[C@@]4(C)C(=CC[C@@H]5[C@@H]4CC[C@]4(C)C(=O)CC[C@@H]54)C3)CC1=CC[C@@H]1[C@@H]2CC[C@]2(C)C(=O)CC[C@@H]12. The Hall–Kier alpha value is -1.22. The van der Waals surface area contributed by atoms with Crippen molar-refractivity contribution < 1.29 is 14.3 Å². The molecule has 0 heterocycles. The van der Waals surface area contributed by atoms with E-state index in [-0.39, 0.29) is 10.8 Å². The third kappa shape index (κ3) is 3.72. The molecule has 0 N–H and O–H groups in total. The van der Waals surface area contributed by atoms with Gasteiger partial charge in [-0.25, -0.2) is 0 Å². The van der Waals surface area contributed by atoms with E-state index in [2.05, 4.69) is 39.8 Å². The Bertz CT molecular complexity index is 1120. The van der Waals surface area contributed by atoms with Crippen molar-refractivity contribution in [3.63, 3.8) is 0 Å². The van der Waals surface area contributed by atoms with Crippen LogP contribution < -0.4 is 0 Å². The second-order valence-electron chi connectivity index (χ2n) is 17.2. The molecule has 41 heavy (non-hydrogen) atoms. The molecule has 0 aromatic carbocycles. The van der Waals surface area contributed by atoms with Gasteiger partial charge in [-0.1, -0.05) is 51.0 Å². The van der Waals surface area contributed by atoms with Crippen molar-refractivity contribution in [1.82, 2.24) is 0 Å². The molecule has 0 aromatic rings. The summed E-state index contributed by atoms with van der Waals surface area (Å²) in [4.78, 5) is 25.6. The molecular weight excluding hydrogens is 504 g/mol. The Balaban J connectivity index is 0.943. The number of rotatable bonds is 2. The minimum absolute atomic E-state index is 0.0295. The molecular formula is C38H54O3. The average molecular weight is 559 g/mol. The maximum Gasteiger partial charge on any atom is 0.139 e. The highest BCUT2D eigenvalue weighted by Gasteiger charge is 2.60. The van der Waals surface area contributed by atoms with Crippen molar-refractivity contribution in [2.24, 2.45) is 57.2 Å². The minimum atomic E-state index is -0.0295. The molecule has 6 saturated carbocycles. The average Bonchev–Trinajstić information content (AvgIpc) is 3.43. The highest BCUT2D eigenvalue weighted by molar-refractivity contribution is 5.87. The van der Waals surface area contributed by atoms with Crippen LogP contribution in [0, 0.1) is 57.2 Å².